The highest BCUT2D eigenvalue weighted by molar-refractivity contribution is 7.93. The minimum Gasteiger partial charge on any atom is -0.442 e. The molecule has 2 aromatic rings. The number of hydrogen-bond acceptors (Lipinski definition) is 5. The Bertz CT molecular complexity index is 1470. The van der Waals surface area contributed by atoms with E-state index < -0.39 is 31.8 Å². The van der Waals surface area contributed by atoms with E-state index in [0.29, 0.717) is 22.7 Å². The minimum absolute atomic E-state index is 0.144. The number of ether oxygens (including phenoxy) is 1. The van der Waals surface area contributed by atoms with Crippen LogP contribution in [0.4, 0.5) is 4.79 Å². The summed E-state index contributed by atoms with van der Waals surface area (Å²) in [5.41, 5.74) is -0.755. The summed E-state index contributed by atoms with van der Waals surface area (Å²) >= 11 is 8.14. The first kappa shape index (κ1) is 28.2. The number of benzene rings is 1. The van der Waals surface area contributed by atoms with Crippen molar-refractivity contribution < 1.29 is 17.9 Å². The molecule has 1 aromatic carbocycles. The van der Waals surface area contributed by atoms with Crippen LogP contribution in [0.25, 0.3) is 0 Å². The number of carbonyl (C=O) groups excluding carboxylic acids is 1. The van der Waals surface area contributed by atoms with Gasteiger partial charge in [-0.05, 0) is 71.4 Å². The zero-order valence-corrected chi connectivity index (χ0v) is 25.3. The number of nitrogens with one attached hydrogen (secondary N) is 1. The van der Waals surface area contributed by atoms with Crippen molar-refractivity contribution in [2.45, 2.75) is 93.9 Å². The largest absolute Gasteiger partial charge is 0.442 e. The fraction of sp³-hybridized carbons (Fsp3) is 0.533. The summed E-state index contributed by atoms with van der Waals surface area (Å²) in [6.45, 7) is 7.06. The average Bonchev–Trinajstić information content (AvgIpc) is 3.42. The van der Waals surface area contributed by atoms with Gasteiger partial charge in [0.2, 0.25) is 0 Å². The van der Waals surface area contributed by atoms with Crippen LogP contribution in [0.5, 0.6) is 0 Å². The third-order valence-electron chi connectivity index (χ3n) is 8.05. The molecule has 1 spiro atoms. The summed E-state index contributed by atoms with van der Waals surface area (Å²) < 4.78 is 31.7. The Kier molecular flexibility index (Phi) is 7.18. The molecule has 3 fully saturated rings. The summed E-state index contributed by atoms with van der Waals surface area (Å²) in [7, 11) is -3.65. The van der Waals surface area contributed by atoms with Crippen molar-refractivity contribution >= 4 is 44.7 Å². The average molecular weight is 587 g/mol. The zero-order valence-electron chi connectivity index (χ0n) is 22.9. The summed E-state index contributed by atoms with van der Waals surface area (Å²) in [5.74, 6) is 6.95. The number of amides is 1. The molecule has 6 nitrogen and oxygen atoms in total. The molecule has 2 saturated carbocycles. The third kappa shape index (κ3) is 5.26. The Morgan fingerprint density at radius 2 is 1.77 bits per heavy atom. The number of aliphatic imine (C=N–C) groups is 1. The molecule has 1 amide bonds. The molecular weight excluding hydrogens is 552 g/mol. The van der Waals surface area contributed by atoms with Crippen LogP contribution < -0.4 is 5.32 Å². The van der Waals surface area contributed by atoms with Crippen LogP contribution in [0.1, 0.15) is 88.0 Å². The number of hydrogen-bond donors (Lipinski definition) is 1. The minimum atomic E-state index is -3.65. The second-order valence-electron chi connectivity index (χ2n) is 12.2. The molecular formula is C30H35ClN2O4S2. The molecule has 0 bridgehead atoms. The van der Waals surface area contributed by atoms with Gasteiger partial charge in [0.15, 0.2) is 9.84 Å². The van der Waals surface area contributed by atoms with Gasteiger partial charge in [-0.15, -0.1) is 11.3 Å². The summed E-state index contributed by atoms with van der Waals surface area (Å²) in [6, 6.07) is 12.2. The lowest BCUT2D eigenvalue weighted by atomic mass is 9.79. The molecule has 0 unspecified atom stereocenters. The summed E-state index contributed by atoms with van der Waals surface area (Å²) in [4.78, 5) is 18.3. The molecule has 0 radical (unpaired) electrons. The molecule has 1 N–H and O–H groups in total. The standard InChI is InChI=1S/C30H35ClN2O4S2/c1-27(2,3)37-26(34)32-25-30(16-10-17-30)39(35,36)20-28(4,33-25)24-23(31)19-22(38-24)13-18-29(14-8-9-15-29)21-11-6-5-7-12-21/h5-7,11-12,19H,8-10,14-17,20H2,1-4H3,(H,32,33,34)/t28-/m0/s1. The molecule has 1 atom stereocenters. The van der Waals surface area contributed by atoms with Crippen LogP contribution in [-0.2, 0) is 25.5 Å². The SMILES string of the molecule is CC(C)(C)OC(=O)/N=C1\N[C@](C)(c2sc(C#CC3(c4ccccc4)CCCC3)cc2Cl)CS(=O)(=O)C12CCC2. The topological polar surface area (TPSA) is 84.8 Å². The quantitative estimate of drug-likeness (QED) is 0.393. The number of sulfone groups is 1. The normalized spacial score (nSPS) is 25.8. The lowest BCUT2D eigenvalue weighted by molar-refractivity contribution is 0.0602. The summed E-state index contributed by atoms with van der Waals surface area (Å²) in [5, 5.41) is 3.80. The van der Waals surface area contributed by atoms with Gasteiger partial charge in [-0.1, -0.05) is 66.6 Å². The predicted molar refractivity (Wildman–Crippen MR) is 157 cm³/mol. The molecule has 1 aliphatic heterocycles. The van der Waals surface area contributed by atoms with Crippen molar-refractivity contribution in [1.82, 2.24) is 5.32 Å². The predicted octanol–water partition coefficient (Wildman–Crippen LogP) is 6.75. The van der Waals surface area contributed by atoms with Crippen LogP contribution in [0.3, 0.4) is 0 Å². The van der Waals surface area contributed by atoms with E-state index in [0.717, 1.165) is 37.0 Å². The van der Waals surface area contributed by atoms with E-state index in [9.17, 15) is 13.2 Å². The highest BCUT2D eigenvalue weighted by Gasteiger charge is 2.60. The fourth-order valence-electron chi connectivity index (χ4n) is 5.96. The van der Waals surface area contributed by atoms with Gasteiger partial charge < -0.3 is 10.1 Å². The number of amidine groups is 1. The van der Waals surface area contributed by atoms with E-state index in [1.54, 1.807) is 27.7 Å². The van der Waals surface area contributed by atoms with Crippen molar-refractivity contribution in [2.24, 2.45) is 4.99 Å². The molecule has 2 heterocycles. The van der Waals surface area contributed by atoms with E-state index >= 15 is 0 Å². The van der Waals surface area contributed by atoms with Crippen molar-refractivity contribution in [3.8, 4) is 11.8 Å². The number of halogens is 1. The molecule has 2 aliphatic carbocycles. The van der Waals surface area contributed by atoms with E-state index in [1.165, 1.54) is 16.9 Å². The van der Waals surface area contributed by atoms with Crippen LogP contribution in [0, 0.1) is 11.8 Å². The number of rotatable bonds is 2. The van der Waals surface area contributed by atoms with Gasteiger partial charge in [-0.25, -0.2) is 13.2 Å². The van der Waals surface area contributed by atoms with Crippen LogP contribution >= 0.6 is 22.9 Å². The zero-order chi connectivity index (χ0) is 28.1. The van der Waals surface area contributed by atoms with Gasteiger partial charge in [-0.2, -0.15) is 4.99 Å². The Labute approximate surface area is 240 Å². The van der Waals surface area contributed by atoms with E-state index in [2.05, 4.69) is 46.4 Å². The molecule has 9 heteroatoms. The van der Waals surface area contributed by atoms with Crippen molar-refractivity contribution in [3.05, 3.63) is 56.7 Å². The Morgan fingerprint density at radius 3 is 2.36 bits per heavy atom. The third-order valence-corrected chi connectivity index (χ3v) is 12.5. The first-order valence-electron chi connectivity index (χ1n) is 13.5. The first-order chi connectivity index (χ1) is 18.3. The molecule has 5 rings (SSSR count). The molecule has 39 heavy (non-hydrogen) atoms. The van der Waals surface area contributed by atoms with Crippen molar-refractivity contribution in [2.75, 3.05) is 5.75 Å². The molecule has 208 valence electrons. The number of nitrogens with zero attached hydrogens (tertiary/aromatic N) is 1. The highest BCUT2D eigenvalue weighted by atomic mass is 35.5. The fourth-order valence-corrected chi connectivity index (χ4v) is 10.1. The number of carbonyl (C=O) groups is 1. The molecule has 1 aromatic heterocycles. The highest BCUT2D eigenvalue weighted by Crippen LogP contribution is 2.48. The van der Waals surface area contributed by atoms with Crippen molar-refractivity contribution in [1.29, 1.82) is 0 Å². The van der Waals surface area contributed by atoms with Crippen molar-refractivity contribution in [3.63, 3.8) is 0 Å². The van der Waals surface area contributed by atoms with E-state index in [-0.39, 0.29) is 17.0 Å². The second kappa shape index (κ2) is 9.94. The van der Waals surface area contributed by atoms with Crippen LogP contribution in [0.2, 0.25) is 5.02 Å². The summed E-state index contributed by atoms with van der Waals surface area (Å²) in [6.07, 6.45) is 5.12. The second-order valence-corrected chi connectivity index (χ2v) is 16.0. The van der Waals surface area contributed by atoms with E-state index in [1.807, 2.05) is 12.1 Å². The Hall–Kier alpha value is -2.34. The van der Waals surface area contributed by atoms with Gasteiger partial charge in [0.05, 0.1) is 31.5 Å². The van der Waals surface area contributed by atoms with Gasteiger partial charge in [-0.3, -0.25) is 0 Å². The van der Waals surface area contributed by atoms with Gasteiger partial charge in [0.25, 0.3) is 0 Å². The molecule has 3 aliphatic rings. The smallest absolute Gasteiger partial charge is 0.435 e. The molecule has 1 saturated heterocycles. The monoisotopic (exact) mass is 586 g/mol. The Balaban J connectivity index is 1.50. The van der Waals surface area contributed by atoms with Crippen LogP contribution in [0.15, 0.2) is 41.4 Å². The first-order valence-corrected chi connectivity index (χ1v) is 16.3. The van der Waals surface area contributed by atoms with E-state index in [4.69, 9.17) is 16.3 Å². The van der Waals surface area contributed by atoms with Crippen LogP contribution in [-0.4, -0.2) is 36.4 Å². The lowest BCUT2D eigenvalue weighted by Gasteiger charge is -2.50. The maximum absolute atomic E-state index is 13.7. The maximum Gasteiger partial charge on any atom is 0.435 e. The van der Waals surface area contributed by atoms with Gasteiger partial charge >= 0.3 is 6.09 Å². The number of thiophene rings is 1. The maximum atomic E-state index is 13.7. The lowest BCUT2D eigenvalue weighted by Crippen LogP contribution is -2.68. The Morgan fingerprint density at radius 1 is 1.10 bits per heavy atom. The van der Waals surface area contributed by atoms with Gasteiger partial charge in [0.1, 0.15) is 16.2 Å². The van der Waals surface area contributed by atoms with Gasteiger partial charge in [0, 0.05) is 0 Å².